The molecule has 0 spiro atoms. The summed E-state index contributed by atoms with van der Waals surface area (Å²) >= 11 is 0. The highest BCUT2D eigenvalue weighted by Gasteiger charge is 2.16. The Morgan fingerprint density at radius 3 is 2.88 bits per heavy atom. The van der Waals surface area contributed by atoms with Crippen LogP contribution < -0.4 is 5.32 Å². The van der Waals surface area contributed by atoms with Crippen molar-refractivity contribution in [2.75, 3.05) is 6.54 Å². The van der Waals surface area contributed by atoms with E-state index in [1.54, 1.807) is 18.2 Å². The maximum absolute atomic E-state index is 12.6. The molecule has 0 radical (unpaired) electrons. The number of furan rings is 1. The lowest BCUT2D eigenvalue weighted by Gasteiger charge is -2.12. The number of nitrogens with zero attached hydrogens (tertiary/aromatic N) is 1. The van der Waals surface area contributed by atoms with Crippen molar-refractivity contribution in [1.29, 1.82) is 0 Å². The van der Waals surface area contributed by atoms with Gasteiger partial charge in [0.25, 0.3) is 5.91 Å². The van der Waals surface area contributed by atoms with Gasteiger partial charge in [-0.25, -0.2) is 0 Å². The fourth-order valence-corrected chi connectivity index (χ4v) is 2.68. The second-order valence-electron chi connectivity index (χ2n) is 5.76. The largest absolute Gasteiger partial charge is 0.467 e. The molecule has 0 bridgehead atoms. The van der Waals surface area contributed by atoms with Gasteiger partial charge in [-0.2, -0.15) is 0 Å². The molecule has 5 nitrogen and oxygen atoms in total. The maximum atomic E-state index is 12.6. The van der Waals surface area contributed by atoms with Crippen molar-refractivity contribution in [3.63, 3.8) is 0 Å². The lowest BCUT2D eigenvalue weighted by atomic mass is 10.0. The molecular formula is C19H20N2O3. The van der Waals surface area contributed by atoms with E-state index in [1.165, 1.54) is 6.26 Å². The zero-order chi connectivity index (χ0) is 17.1. The standard InChI is InChI=1S/C19H20N2O3/c1-3-13-6-7-16-14(10-13)15(9-12(2)21-16)19(23)20-11-17(22)18-5-4-8-24-18/h4-10,17,22H,3,11H2,1-2H3,(H,20,23)/t17-/m0/s1. The minimum Gasteiger partial charge on any atom is -0.467 e. The molecule has 1 aromatic carbocycles. The van der Waals surface area contributed by atoms with E-state index in [0.717, 1.165) is 28.6 Å². The molecule has 0 aliphatic heterocycles. The number of benzene rings is 1. The van der Waals surface area contributed by atoms with E-state index in [2.05, 4.69) is 17.2 Å². The van der Waals surface area contributed by atoms with Crippen LogP contribution in [0.15, 0.2) is 47.1 Å². The van der Waals surface area contributed by atoms with Crippen LogP contribution in [0.25, 0.3) is 10.9 Å². The summed E-state index contributed by atoms with van der Waals surface area (Å²) in [5.74, 6) is 0.198. The first kappa shape index (κ1) is 16.2. The molecule has 0 saturated heterocycles. The normalized spacial score (nSPS) is 12.3. The predicted molar refractivity (Wildman–Crippen MR) is 91.9 cm³/mol. The number of aliphatic hydroxyl groups is 1. The first-order valence-corrected chi connectivity index (χ1v) is 7.98. The van der Waals surface area contributed by atoms with Gasteiger partial charge in [0.1, 0.15) is 11.9 Å². The number of pyridine rings is 1. The summed E-state index contributed by atoms with van der Waals surface area (Å²) in [6.45, 7) is 4.02. The van der Waals surface area contributed by atoms with Crippen LogP contribution in [0.1, 0.15) is 40.4 Å². The summed E-state index contributed by atoms with van der Waals surface area (Å²) in [6, 6.07) is 11.1. The second kappa shape index (κ2) is 6.84. The minimum absolute atomic E-state index is 0.0860. The molecule has 1 amide bonds. The summed E-state index contributed by atoms with van der Waals surface area (Å²) in [4.78, 5) is 17.1. The molecule has 24 heavy (non-hydrogen) atoms. The van der Waals surface area contributed by atoms with Crippen LogP contribution in [-0.2, 0) is 6.42 Å². The Balaban J connectivity index is 1.86. The molecule has 3 rings (SSSR count). The average Bonchev–Trinajstić information content (AvgIpc) is 3.13. The van der Waals surface area contributed by atoms with Crippen molar-refractivity contribution >= 4 is 16.8 Å². The SMILES string of the molecule is CCc1ccc2nc(C)cc(C(=O)NC[C@H](O)c3ccco3)c2c1. The third-order valence-corrected chi connectivity index (χ3v) is 3.98. The Morgan fingerprint density at radius 2 is 2.17 bits per heavy atom. The summed E-state index contributed by atoms with van der Waals surface area (Å²) in [5.41, 5.74) is 3.30. The number of aromatic nitrogens is 1. The molecule has 0 saturated carbocycles. The summed E-state index contributed by atoms with van der Waals surface area (Å²) < 4.78 is 5.14. The Hall–Kier alpha value is -2.66. The van der Waals surface area contributed by atoms with E-state index in [9.17, 15) is 9.90 Å². The molecule has 1 atom stereocenters. The van der Waals surface area contributed by atoms with Crippen LogP contribution in [0.3, 0.4) is 0 Å². The molecular weight excluding hydrogens is 304 g/mol. The van der Waals surface area contributed by atoms with Crippen LogP contribution in [-0.4, -0.2) is 22.5 Å². The molecule has 0 aliphatic carbocycles. The average molecular weight is 324 g/mol. The number of aliphatic hydroxyl groups excluding tert-OH is 1. The zero-order valence-electron chi connectivity index (χ0n) is 13.7. The third-order valence-electron chi connectivity index (χ3n) is 3.98. The third kappa shape index (κ3) is 3.31. The molecule has 0 aliphatic rings. The molecule has 2 aromatic heterocycles. The molecule has 2 heterocycles. The van der Waals surface area contributed by atoms with Crippen LogP contribution in [0.2, 0.25) is 0 Å². The van der Waals surface area contributed by atoms with Gasteiger partial charge < -0.3 is 14.8 Å². The molecule has 3 aromatic rings. The zero-order valence-corrected chi connectivity index (χ0v) is 13.7. The number of aryl methyl sites for hydroxylation is 2. The van der Waals surface area contributed by atoms with E-state index in [-0.39, 0.29) is 12.5 Å². The molecule has 5 heteroatoms. The van der Waals surface area contributed by atoms with E-state index in [1.807, 2.05) is 25.1 Å². The van der Waals surface area contributed by atoms with Gasteiger partial charge in [0.2, 0.25) is 0 Å². The topological polar surface area (TPSA) is 75.4 Å². The van der Waals surface area contributed by atoms with Gasteiger partial charge in [-0.05, 0) is 49.2 Å². The number of carbonyl (C=O) groups is 1. The van der Waals surface area contributed by atoms with E-state index >= 15 is 0 Å². The fraction of sp³-hybridized carbons (Fsp3) is 0.263. The highest BCUT2D eigenvalue weighted by molar-refractivity contribution is 6.06. The molecule has 2 N–H and O–H groups in total. The predicted octanol–water partition coefficient (Wildman–Crippen LogP) is 3.16. The summed E-state index contributed by atoms with van der Waals surface area (Å²) in [5, 5.41) is 13.6. The number of rotatable bonds is 5. The van der Waals surface area contributed by atoms with Crippen molar-refractivity contribution in [1.82, 2.24) is 10.3 Å². The Kier molecular flexibility index (Phi) is 4.62. The first-order valence-electron chi connectivity index (χ1n) is 7.98. The first-order chi connectivity index (χ1) is 11.6. The van der Waals surface area contributed by atoms with E-state index in [0.29, 0.717) is 11.3 Å². The lowest BCUT2D eigenvalue weighted by molar-refractivity contribution is 0.0902. The number of hydrogen-bond acceptors (Lipinski definition) is 4. The van der Waals surface area contributed by atoms with Gasteiger partial charge in [0.15, 0.2) is 0 Å². The smallest absolute Gasteiger partial charge is 0.252 e. The molecule has 0 fully saturated rings. The van der Waals surface area contributed by atoms with Crippen LogP contribution >= 0.6 is 0 Å². The number of fused-ring (bicyclic) bond motifs is 1. The maximum Gasteiger partial charge on any atom is 0.252 e. The highest BCUT2D eigenvalue weighted by Crippen LogP contribution is 2.21. The summed E-state index contributed by atoms with van der Waals surface area (Å²) in [6.07, 6.45) is 1.51. The van der Waals surface area contributed by atoms with Gasteiger partial charge in [-0.15, -0.1) is 0 Å². The lowest BCUT2D eigenvalue weighted by Crippen LogP contribution is -2.28. The Morgan fingerprint density at radius 1 is 1.33 bits per heavy atom. The number of nitrogens with one attached hydrogen (secondary N) is 1. The number of carbonyl (C=O) groups excluding carboxylic acids is 1. The molecule has 124 valence electrons. The number of hydrogen-bond donors (Lipinski definition) is 2. The van der Waals surface area contributed by atoms with Crippen molar-refractivity contribution < 1.29 is 14.3 Å². The Bertz CT molecular complexity index is 856. The van der Waals surface area contributed by atoms with E-state index < -0.39 is 6.10 Å². The highest BCUT2D eigenvalue weighted by atomic mass is 16.4. The van der Waals surface area contributed by atoms with Gasteiger partial charge in [0.05, 0.1) is 23.9 Å². The van der Waals surface area contributed by atoms with Crippen LogP contribution in [0.5, 0.6) is 0 Å². The van der Waals surface area contributed by atoms with Crippen LogP contribution in [0.4, 0.5) is 0 Å². The quantitative estimate of drug-likeness (QED) is 0.756. The van der Waals surface area contributed by atoms with Crippen molar-refractivity contribution in [2.24, 2.45) is 0 Å². The second-order valence-corrected chi connectivity index (χ2v) is 5.76. The fourth-order valence-electron chi connectivity index (χ4n) is 2.68. The Labute approximate surface area is 140 Å². The minimum atomic E-state index is -0.871. The van der Waals surface area contributed by atoms with Crippen molar-refractivity contribution in [3.8, 4) is 0 Å². The van der Waals surface area contributed by atoms with Gasteiger partial charge in [-0.1, -0.05) is 13.0 Å². The molecule has 0 unspecified atom stereocenters. The van der Waals surface area contributed by atoms with Crippen molar-refractivity contribution in [2.45, 2.75) is 26.4 Å². The van der Waals surface area contributed by atoms with Gasteiger partial charge in [0, 0.05) is 11.1 Å². The van der Waals surface area contributed by atoms with Gasteiger partial charge in [-0.3, -0.25) is 9.78 Å². The monoisotopic (exact) mass is 324 g/mol. The van der Waals surface area contributed by atoms with E-state index in [4.69, 9.17) is 4.42 Å². The van der Waals surface area contributed by atoms with Gasteiger partial charge >= 0.3 is 0 Å². The summed E-state index contributed by atoms with van der Waals surface area (Å²) in [7, 11) is 0. The number of amides is 1. The van der Waals surface area contributed by atoms with Crippen LogP contribution in [0, 0.1) is 6.92 Å². The van der Waals surface area contributed by atoms with Crippen molar-refractivity contribution in [3.05, 3.63) is 65.2 Å².